The van der Waals surface area contributed by atoms with Crippen LogP contribution in [0, 0.1) is 0 Å². The second-order valence-corrected chi connectivity index (χ2v) is 6.66. The summed E-state index contributed by atoms with van der Waals surface area (Å²) in [5.74, 6) is 0. The van der Waals surface area contributed by atoms with Crippen LogP contribution in [0.15, 0.2) is 60.7 Å². The van der Waals surface area contributed by atoms with Gasteiger partial charge in [-0.3, -0.25) is 9.80 Å². The molecule has 0 aliphatic carbocycles. The number of rotatable bonds is 3. The zero-order valence-corrected chi connectivity index (χ0v) is 14.9. The Hall–Kier alpha value is -2.54. The summed E-state index contributed by atoms with van der Waals surface area (Å²) in [4.78, 5) is 15.5. The minimum atomic E-state index is -5.00. The van der Waals surface area contributed by atoms with Gasteiger partial charge in [0.25, 0.3) is 0 Å². The molecule has 1 heterocycles. The van der Waals surface area contributed by atoms with Crippen LogP contribution in [0.1, 0.15) is 24.1 Å². The smallest absolute Gasteiger partial charge is 0.356 e. The van der Waals surface area contributed by atoms with E-state index in [1.54, 1.807) is 0 Å². The van der Waals surface area contributed by atoms with Crippen molar-refractivity contribution in [2.45, 2.75) is 31.9 Å². The Balaban J connectivity index is 1.83. The summed E-state index contributed by atoms with van der Waals surface area (Å²) in [5, 5.41) is 0. The third-order valence-corrected chi connectivity index (χ3v) is 4.72. The normalized spacial score (nSPS) is 21.1. The van der Waals surface area contributed by atoms with Crippen LogP contribution in [-0.2, 0) is 11.3 Å². The number of amides is 1. The number of carbonyl (C=O) groups is 1. The SMILES string of the molecule is C[C@@H]1CN(C(=O)OC(F)(F)F)[C@@H](c2ccccc2)CN1Cc1ccccc1. The highest BCUT2D eigenvalue weighted by atomic mass is 19.4. The van der Waals surface area contributed by atoms with Crippen molar-refractivity contribution in [3.8, 4) is 0 Å². The average molecular weight is 378 g/mol. The summed E-state index contributed by atoms with van der Waals surface area (Å²) in [6.07, 6.45) is -6.36. The van der Waals surface area contributed by atoms with Gasteiger partial charge < -0.3 is 4.74 Å². The average Bonchev–Trinajstić information content (AvgIpc) is 2.63. The molecule has 1 amide bonds. The summed E-state index contributed by atoms with van der Waals surface area (Å²) < 4.78 is 41.4. The van der Waals surface area contributed by atoms with Gasteiger partial charge in [0.2, 0.25) is 0 Å². The van der Waals surface area contributed by atoms with E-state index in [0.29, 0.717) is 13.1 Å². The first-order chi connectivity index (χ1) is 12.8. The van der Waals surface area contributed by atoms with E-state index in [1.807, 2.05) is 67.6 Å². The molecular weight excluding hydrogens is 357 g/mol. The maximum Gasteiger partial charge on any atom is 0.576 e. The van der Waals surface area contributed by atoms with Crippen LogP contribution in [0.5, 0.6) is 0 Å². The van der Waals surface area contributed by atoms with Gasteiger partial charge >= 0.3 is 12.5 Å². The number of hydrogen-bond donors (Lipinski definition) is 0. The van der Waals surface area contributed by atoms with Crippen LogP contribution in [0.4, 0.5) is 18.0 Å². The molecular formula is C20H21F3N2O2. The Morgan fingerprint density at radius 3 is 2.22 bits per heavy atom. The molecule has 4 nitrogen and oxygen atoms in total. The van der Waals surface area contributed by atoms with Crippen LogP contribution in [0.3, 0.4) is 0 Å². The molecule has 3 rings (SSSR count). The molecule has 27 heavy (non-hydrogen) atoms. The molecule has 7 heteroatoms. The first kappa shape index (κ1) is 19.2. The molecule has 1 fully saturated rings. The minimum absolute atomic E-state index is 0.106. The van der Waals surface area contributed by atoms with Crippen molar-refractivity contribution < 1.29 is 22.7 Å². The molecule has 144 valence electrons. The predicted molar refractivity (Wildman–Crippen MR) is 94.7 cm³/mol. The van der Waals surface area contributed by atoms with E-state index in [-0.39, 0.29) is 12.6 Å². The molecule has 2 aromatic rings. The maximum atomic E-state index is 12.6. The molecule has 1 aliphatic heterocycles. The number of nitrogens with zero attached hydrogens (tertiary/aromatic N) is 2. The monoisotopic (exact) mass is 378 g/mol. The first-order valence-corrected chi connectivity index (χ1v) is 8.73. The highest BCUT2D eigenvalue weighted by Gasteiger charge is 2.41. The summed E-state index contributed by atoms with van der Waals surface area (Å²) in [5.41, 5.74) is 1.89. The minimum Gasteiger partial charge on any atom is -0.356 e. The van der Waals surface area contributed by atoms with Crippen molar-refractivity contribution in [2.75, 3.05) is 13.1 Å². The van der Waals surface area contributed by atoms with E-state index >= 15 is 0 Å². The highest BCUT2D eigenvalue weighted by molar-refractivity contribution is 5.69. The molecule has 1 saturated heterocycles. The van der Waals surface area contributed by atoms with Crippen molar-refractivity contribution in [1.29, 1.82) is 0 Å². The molecule has 1 aliphatic rings. The van der Waals surface area contributed by atoms with Gasteiger partial charge in [0.1, 0.15) is 0 Å². The van der Waals surface area contributed by atoms with Gasteiger partial charge in [-0.2, -0.15) is 0 Å². The van der Waals surface area contributed by atoms with Gasteiger partial charge in [0, 0.05) is 25.7 Å². The summed E-state index contributed by atoms with van der Waals surface area (Å²) in [7, 11) is 0. The standard InChI is InChI=1S/C20H21F3N2O2/c1-15-12-25(19(26)27-20(21,22)23)18(17-10-6-3-7-11-17)14-24(15)13-16-8-4-2-5-9-16/h2-11,15,18H,12-14H2,1H3/t15-,18-/m1/s1. The lowest BCUT2D eigenvalue weighted by Crippen LogP contribution is -2.55. The molecule has 2 atom stereocenters. The van der Waals surface area contributed by atoms with Crippen LogP contribution in [-0.4, -0.2) is 41.4 Å². The van der Waals surface area contributed by atoms with E-state index in [2.05, 4.69) is 9.64 Å². The Labute approximate surface area is 156 Å². The third kappa shape index (κ3) is 5.01. The van der Waals surface area contributed by atoms with Crippen molar-refractivity contribution in [2.24, 2.45) is 0 Å². The molecule has 0 aromatic heterocycles. The fourth-order valence-electron chi connectivity index (χ4n) is 3.39. The summed E-state index contributed by atoms with van der Waals surface area (Å²) in [6.45, 7) is 3.14. The van der Waals surface area contributed by atoms with Gasteiger partial charge in [0.05, 0.1) is 6.04 Å². The Morgan fingerprint density at radius 1 is 1.04 bits per heavy atom. The first-order valence-electron chi connectivity index (χ1n) is 8.73. The van der Waals surface area contributed by atoms with Crippen LogP contribution < -0.4 is 0 Å². The number of halogens is 3. The summed E-state index contributed by atoms with van der Waals surface area (Å²) >= 11 is 0. The summed E-state index contributed by atoms with van der Waals surface area (Å²) in [6, 6.07) is 18.3. The fraction of sp³-hybridized carbons (Fsp3) is 0.350. The number of piperazine rings is 1. The molecule has 0 N–H and O–H groups in total. The highest BCUT2D eigenvalue weighted by Crippen LogP contribution is 2.31. The van der Waals surface area contributed by atoms with E-state index in [1.165, 1.54) is 4.90 Å². The van der Waals surface area contributed by atoms with Crippen molar-refractivity contribution in [3.63, 3.8) is 0 Å². The van der Waals surface area contributed by atoms with Gasteiger partial charge in [-0.15, -0.1) is 13.2 Å². The number of hydrogen-bond acceptors (Lipinski definition) is 3. The van der Waals surface area contributed by atoms with Crippen molar-refractivity contribution in [3.05, 3.63) is 71.8 Å². The Bertz CT molecular complexity index is 753. The molecule has 0 radical (unpaired) electrons. The van der Waals surface area contributed by atoms with Gasteiger partial charge in [-0.05, 0) is 18.1 Å². The fourth-order valence-corrected chi connectivity index (χ4v) is 3.39. The van der Waals surface area contributed by atoms with Gasteiger partial charge in [-0.25, -0.2) is 4.79 Å². The zero-order valence-electron chi connectivity index (χ0n) is 14.9. The quantitative estimate of drug-likeness (QED) is 0.783. The Morgan fingerprint density at radius 2 is 1.63 bits per heavy atom. The third-order valence-electron chi connectivity index (χ3n) is 4.72. The number of carbonyl (C=O) groups excluding carboxylic acids is 1. The second-order valence-electron chi connectivity index (χ2n) is 6.66. The van der Waals surface area contributed by atoms with Crippen LogP contribution in [0.25, 0.3) is 0 Å². The van der Waals surface area contributed by atoms with E-state index in [9.17, 15) is 18.0 Å². The molecule has 0 saturated carbocycles. The van der Waals surface area contributed by atoms with Crippen molar-refractivity contribution >= 4 is 6.09 Å². The molecule has 0 spiro atoms. The topological polar surface area (TPSA) is 32.8 Å². The van der Waals surface area contributed by atoms with Crippen molar-refractivity contribution in [1.82, 2.24) is 9.80 Å². The largest absolute Gasteiger partial charge is 0.576 e. The van der Waals surface area contributed by atoms with Gasteiger partial charge in [-0.1, -0.05) is 60.7 Å². The zero-order chi connectivity index (χ0) is 19.4. The molecule has 0 unspecified atom stereocenters. The second kappa shape index (κ2) is 8.00. The number of benzene rings is 2. The van der Waals surface area contributed by atoms with E-state index < -0.39 is 18.5 Å². The lowest BCUT2D eigenvalue weighted by Gasteiger charge is -2.45. The lowest BCUT2D eigenvalue weighted by molar-refractivity contribution is -0.296. The van der Waals surface area contributed by atoms with Crippen LogP contribution >= 0.6 is 0 Å². The van der Waals surface area contributed by atoms with Crippen LogP contribution in [0.2, 0.25) is 0 Å². The molecule has 2 aromatic carbocycles. The lowest BCUT2D eigenvalue weighted by atomic mass is 9.99. The Kier molecular flexibility index (Phi) is 5.70. The maximum absolute atomic E-state index is 12.6. The number of ether oxygens (including phenoxy) is 1. The van der Waals surface area contributed by atoms with E-state index in [0.717, 1.165) is 11.1 Å². The number of alkyl halides is 3. The van der Waals surface area contributed by atoms with E-state index in [4.69, 9.17) is 0 Å². The van der Waals surface area contributed by atoms with Gasteiger partial charge in [0.15, 0.2) is 0 Å². The predicted octanol–water partition coefficient (Wildman–Crippen LogP) is 4.59. The molecule has 0 bridgehead atoms.